The van der Waals surface area contributed by atoms with Gasteiger partial charge in [-0.1, -0.05) is 0 Å². The minimum absolute atomic E-state index is 0.576. The zero-order valence-electron chi connectivity index (χ0n) is 13.7. The Hall–Kier alpha value is -1.20. The van der Waals surface area contributed by atoms with Crippen LogP contribution in [0.5, 0.6) is 0 Å². The summed E-state index contributed by atoms with van der Waals surface area (Å²) in [6.45, 7) is 9.77. The molecule has 0 aliphatic heterocycles. The van der Waals surface area contributed by atoms with Crippen LogP contribution in [-0.2, 0) is 11.3 Å². The number of anilines is 1. The number of aromatic nitrogens is 2. The number of nitrogens with zero attached hydrogens (tertiary/aromatic N) is 3. The number of ether oxygens (including phenoxy) is 1. The van der Waals surface area contributed by atoms with E-state index >= 15 is 0 Å². The molecule has 0 bridgehead atoms. The first kappa shape index (κ1) is 16.2. The van der Waals surface area contributed by atoms with Crippen molar-refractivity contribution in [3.8, 4) is 0 Å². The fourth-order valence-corrected chi connectivity index (χ4v) is 2.67. The molecular formula is C16H28N4O. The van der Waals surface area contributed by atoms with E-state index < -0.39 is 0 Å². The third-order valence-corrected chi connectivity index (χ3v) is 4.07. The highest BCUT2D eigenvalue weighted by Crippen LogP contribution is 2.35. The summed E-state index contributed by atoms with van der Waals surface area (Å²) in [7, 11) is 1.76. The van der Waals surface area contributed by atoms with Gasteiger partial charge in [0.15, 0.2) is 0 Å². The van der Waals surface area contributed by atoms with Crippen LogP contribution >= 0.6 is 0 Å². The van der Waals surface area contributed by atoms with Crippen molar-refractivity contribution in [3.05, 3.63) is 17.6 Å². The van der Waals surface area contributed by atoms with Gasteiger partial charge in [0.25, 0.3) is 0 Å². The first-order valence-corrected chi connectivity index (χ1v) is 7.95. The van der Waals surface area contributed by atoms with E-state index in [1.165, 1.54) is 12.8 Å². The van der Waals surface area contributed by atoms with Crippen LogP contribution in [0.15, 0.2) is 6.07 Å². The van der Waals surface area contributed by atoms with Crippen LogP contribution < -0.4 is 5.32 Å². The topological polar surface area (TPSA) is 50.3 Å². The number of nitrogens with one attached hydrogen (secondary N) is 1. The summed E-state index contributed by atoms with van der Waals surface area (Å²) in [6, 6.07) is 2.57. The van der Waals surface area contributed by atoms with E-state index in [9.17, 15) is 0 Å². The van der Waals surface area contributed by atoms with Gasteiger partial charge in [-0.2, -0.15) is 0 Å². The molecule has 1 aliphatic rings. The second-order valence-electron chi connectivity index (χ2n) is 5.88. The zero-order chi connectivity index (χ0) is 15.2. The molecule has 0 spiro atoms. The van der Waals surface area contributed by atoms with Crippen LogP contribution in [0.2, 0.25) is 0 Å². The molecule has 1 fully saturated rings. The van der Waals surface area contributed by atoms with Crippen molar-refractivity contribution in [1.29, 1.82) is 0 Å². The van der Waals surface area contributed by atoms with Crippen molar-refractivity contribution in [2.24, 2.45) is 5.92 Å². The summed E-state index contributed by atoms with van der Waals surface area (Å²) < 4.78 is 5.25. The van der Waals surface area contributed by atoms with Crippen LogP contribution in [0, 0.1) is 12.8 Å². The van der Waals surface area contributed by atoms with Crippen LogP contribution in [0.3, 0.4) is 0 Å². The molecule has 0 radical (unpaired) electrons. The highest BCUT2D eigenvalue weighted by molar-refractivity contribution is 5.35. The van der Waals surface area contributed by atoms with Gasteiger partial charge in [0, 0.05) is 38.0 Å². The Labute approximate surface area is 128 Å². The number of hydrogen-bond acceptors (Lipinski definition) is 5. The maximum atomic E-state index is 5.25. The van der Waals surface area contributed by atoms with E-state index in [4.69, 9.17) is 4.74 Å². The molecule has 0 saturated heterocycles. The van der Waals surface area contributed by atoms with Crippen molar-refractivity contribution in [3.63, 3.8) is 0 Å². The molecule has 118 valence electrons. The molecule has 1 unspecified atom stereocenters. The van der Waals surface area contributed by atoms with Crippen LogP contribution in [0.25, 0.3) is 0 Å². The minimum Gasteiger partial charge on any atom is -0.383 e. The lowest BCUT2D eigenvalue weighted by Crippen LogP contribution is -2.37. The van der Waals surface area contributed by atoms with Crippen molar-refractivity contribution in [2.75, 3.05) is 32.1 Å². The van der Waals surface area contributed by atoms with E-state index in [0.29, 0.717) is 6.04 Å². The van der Waals surface area contributed by atoms with Gasteiger partial charge in [0.1, 0.15) is 11.6 Å². The lowest BCUT2D eigenvalue weighted by atomic mass is 10.2. The monoisotopic (exact) mass is 292 g/mol. The summed E-state index contributed by atoms with van der Waals surface area (Å²) in [5, 5.41) is 3.28. The van der Waals surface area contributed by atoms with Gasteiger partial charge in [0.2, 0.25) is 0 Å². The molecule has 1 N–H and O–H groups in total. The molecule has 1 aliphatic carbocycles. The summed E-state index contributed by atoms with van der Waals surface area (Å²) >= 11 is 0. The summed E-state index contributed by atoms with van der Waals surface area (Å²) in [4.78, 5) is 11.7. The fourth-order valence-electron chi connectivity index (χ4n) is 2.67. The van der Waals surface area contributed by atoms with E-state index in [-0.39, 0.29) is 0 Å². The zero-order valence-corrected chi connectivity index (χ0v) is 13.7. The highest BCUT2D eigenvalue weighted by atomic mass is 16.5. The Morgan fingerprint density at radius 2 is 2.19 bits per heavy atom. The Morgan fingerprint density at radius 1 is 1.43 bits per heavy atom. The van der Waals surface area contributed by atoms with Crippen molar-refractivity contribution in [2.45, 2.75) is 46.2 Å². The van der Waals surface area contributed by atoms with Crippen molar-refractivity contribution >= 4 is 5.82 Å². The minimum atomic E-state index is 0.576. The highest BCUT2D eigenvalue weighted by Gasteiger charge is 2.32. The number of methoxy groups -OCH3 is 1. The number of hydrogen-bond donors (Lipinski definition) is 1. The summed E-state index contributed by atoms with van der Waals surface area (Å²) in [5.41, 5.74) is 1.02. The Kier molecular flexibility index (Phi) is 5.94. The van der Waals surface area contributed by atoms with Gasteiger partial charge in [0.05, 0.1) is 13.2 Å². The van der Waals surface area contributed by atoms with Crippen LogP contribution in [-0.4, -0.2) is 47.7 Å². The first-order chi connectivity index (χ1) is 10.1. The third-order valence-electron chi connectivity index (χ3n) is 4.07. The van der Waals surface area contributed by atoms with E-state index in [1.807, 2.05) is 13.0 Å². The molecule has 0 amide bonds. The van der Waals surface area contributed by atoms with Gasteiger partial charge in [-0.3, -0.25) is 4.90 Å². The first-order valence-electron chi connectivity index (χ1n) is 7.95. The molecule has 1 aromatic rings. The van der Waals surface area contributed by atoms with E-state index in [0.717, 1.165) is 49.5 Å². The Bertz CT molecular complexity index is 448. The lowest BCUT2D eigenvalue weighted by molar-refractivity contribution is 0.109. The third kappa shape index (κ3) is 4.93. The smallest absolute Gasteiger partial charge is 0.144 e. The molecule has 5 heteroatoms. The van der Waals surface area contributed by atoms with Crippen molar-refractivity contribution in [1.82, 2.24) is 14.9 Å². The molecule has 2 rings (SSSR count). The average molecular weight is 292 g/mol. The second-order valence-corrected chi connectivity index (χ2v) is 5.88. The van der Waals surface area contributed by atoms with Gasteiger partial charge < -0.3 is 10.1 Å². The normalized spacial score (nSPS) is 16.2. The Morgan fingerprint density at radius 3 is 2.81 bits per heavy atom. The maximum absolute atomic E-state index is 5.25. The molecular weight excluding hydrogens is 264 g/mol. The molecule has 5 nitrogen and oxygen atoms in total. The SMILES string of the molecule is CCNc1cc(C)nc(CN(CCOC)C(C)C2CC2)n1. The molecule has 1 atom stereocenters. The molecule has 1 heterocycles. The lowest BCUT2D eigenvalue weighted by Gasteiger charge is -2.28. The Balaban J connectivity index is 2.07. The van der Waals surface area contributed by atoms with E-state index in [1.54, 1.807) is 7.11 Å². The molecule has 0 aromatic carbocycles. The summed E-state index contributed by atoms with van der Waals surface area (Å²) in [5.74, 6) is 2.65. The average Bonchev–Trinajstić information content (AvgIpc) is 3.27. The molecule has 1 aromatic heterocycles. The fraction of sp³-hybridized carbons (Fsp3) is 0.750. The maximum Gasteiger partial charge on any atom is 0.144 e. The van der Waals surface area contributed by atoms with Crippen LogP contribution in [0.4, 0.5) is 5.82 Å². The quantitative estimate of drug-likeness (QED) is 0.757. The number of rotatable bonds is 9. The number of aryl methyl sites for hydroxylation is 1. The van der Waals surface area contributed by atoms with Crippen LogP contribution in [0.1, 0.15) is 38.2 Å². The standard InChI is InChI=1S/C16H28N4O/c1-5-17-15-10-12(2)18-16(19-15)11-20(8-9-21-4)13(3)14-6-7-14/h10,13-14H,5-9,11H2,1-4H3,(H,17,18,19). The second kappa shape index (κ2) is 7.71. The molecule has 1 saturated carbocycles. The largest absolute Gasteiger partial charge is 0.383 e. The van der Waals surface area contributed by atoms with Crippen molar-refractivity contribution < 1.29 is 4.74 Å². The predicted molar refractivity (Wildman–Crippen MR) is 85.4 cm³/mol. The molecule has 21 heavy (non-hydrogen) atoms. The predicted octanol–water partition coefficient (Wildman–Crippen LogP) is 2.46. The van der Waals surface area contributed by atoms with Gasteiger partial charge in [-0.15, -0.1) is 0 Å². The van der Waals surface area contributed by atoms with Gasteiger partial charge in [-0.25, -0.2) is 9.97 Å². The summed E-state index contributed by atoms with van der Waals surface area (Å²) in [6.07, 6.45) is 2.70. The van der Waals surface area contributed by atoms with Gasteiger partial charge in [-0.05, 0) is 39.5 Å². The van der Waals surface area contributed by atoms with E-state index in [2.05, 4.69) is 34.0 Å². The van der Waals surface area contributed by atoms with Gasteiger partial charge >= 0.3 is 0 Å².